The fourth-order valence-corrected chi connectivity index (χ4v) is 2.44. The number of esters is 1. The molecular formula is C14H14O3S. The Bertz CT molecular complexity index is 531. The average Bonchev–Trinajstić information content (AvgIpc) is 2.78. The molecule has 0 aliphatic rings. The highest BCUT2D eigenvalue weighted by Gasteiger charge is 2.16. The van der Waals surface area contributed by atoms with E-state index in [1.165, 1.54) is 18.4 Å². The summed E-state index contributed by atoms with van der Waals surface area (Å²) < 4.78 is 10.4. The highest BCUT2D eigenvalue weighted by atomic mass is 32.1. The van der Waals surface area contributed by atoms with Gasteiger partial charge < -0.3 is 9.47 Å². The molecule has 1 aromatic carbocycles. The normalized spacial score (nSPS) is 10.1. The topological polar surface area (TPSA) is 35.5 Å². The summed E-state index contributed by atoms with van der Waals surface area (Å²) in [5.74, 6) is 0.240. The van der Waals surface area contributed by atoms with Gasteiger partial charge in [0.15, 0.2) is 4.88 Å². The number of aryl methyl sites for hydroxylation is 1. The van der Waals surface area contributed by atoms with E-state index in [9.17, 15) is 4.79 Å². The summed E-state index contributed by atoms with van der Waals surface area (Å²) in [6, 6.07) is 11.7. The van der Waals surface area contributed by atoms with Crippen LogP contribution in [0.25, 0.3) is 0 Å². The SMILES string of the molecule is COC(=O)c1sc(C)cc1OCc1ccccc1. The van der Waals surface area contributed by atoms with Gasteiger partial charge in [0.05, 0.1) is 7.11 Å². The number of thiophene rings is 1. The van der Waals surface area contributed by atoms with Crippen LogP contribution in [0.5, 0.6) is 5.75 Å². The predicted molar refractivity (Wildman–Crippen MR) is 71.2 cm³/mol. The van der Waals surface area contributed by atoms with Crippen molar-refractivity contribution >= 4 is 17.3 Å². The molecule has 0 saturated heterocycles. The van der Waals surface area contributed by atoms with Gasteiger partial charge in [0.25, 0.3) is 0 Å². The van der Waals surface area contributed by atoms with E-state index in [0.717, 1.165) is 10.4 Å². The molecule has 18 heavy (non-hydrogen) atoms. The summed E-state index contributed by atoms with van der Waals surface area (Å²) in [5.41, 5.74) is 1.07. The van der Waals surface area contributed by atoms with Crippen molar-refractivity contribution in [3.8, 4) is 5.75 Å². The van der Waals surface area contributed by atoms with E-state index in [0.29, 0.717) is 17.2 Å². The van der Waals surface area contributed by atoms with Gasteiger partial charge in [0, 0.05) is 4.88 Å². The van der Waals surface area contributed by atoms with Crippen LogP contribution in [0.1, 0.15) is 20.1 Å². The number of hydrogen-bond acceptors (Lipinski definition) is 4. The number of carbonyl (C=O) groups is 1. The zero-order valence-electron chi connectivity index (χ0n) is 10.3. The molecule has 0 radical (unpaired) electrons. The predicted octanol–water partition coefficient (Wildman–Crippen LogP) is 3.42. The van der Waals surface area contributed by atoms with Crippen LogP contribution in [0, 0.1) is 6.92 Å². The van der Waals surface area contributed by atoms with E-state index >= 15 is 0 Å². The molecular weight excluding hydrogens is 248 g/mol. The minimum absolute atomic E-state index is 0.351. The third-order valence-electron chi connectivity index (χ3n) is 2.43. The fraction of sp³-hybridized carbons (Fsp3) is 0.214. The third-order valence-corrected chi connectivity index (χ3v) is 3.44. The summed E-state index contributed by atoms with van der Waals surface area (Å²) in [4.78, 5) is 13.1. The molecule has 0 aliphatic heterocycles. The lowest BCUT2D eigenvalue weighted by atomic mass is 10.2. The second-order valence-corrected chi connectivity index (χ2v) is 5.07. The number of methoxy groups -OCH3 is 1. The number of benzene rings is 1. The molecule has 0 bridgehead atoms. The lowest BCUT2D eigenvalue weighted by molar-refractivity contribution is 0.0601. The molecule has 1 heterocycles. The van der Waals surface area contributed by atoms with E-state index in [4.69, 9.17) is 9.47 Å². The maximum absolute atomic E-state index is 11.6. The third kappa shape index (κ3) is 2.90. The van der Waals surface area contributed by atoms with Crippen molar-refractivity contribution in [3.63, 3.8) is 0 Å². The van der Waals surface area contributed by atoms with Crippen molar-refractivity contribution in [2.24, 2.45) is 0 Å². The monoisotopic (exact) mass is 262 g/mol. The van der Waals surface area contributed by atoms with Crippen LogP contribution >= 0.6 is 11.3 Å². The summed E-state index contributed by atoms with van der Waals surface area (Å²) in [6.45, 7) is 2.38. The molecule has 1 aromatic heterocycles. The van der Waals surface area contributed by atoms with Crippen LogP contribution < -0.4 is 4.74 Å². The average molecular weight is 262 g/mol. The van der Waals surface area contributed by atoms with Crippen molar-refractivity contribution in [3.05, 3.63) is 51.7 Å². The quantitative estimate of drug-likeness (QED) is 0.792. The van der Waals surface area contributed by atoms with Gasteiger partial charge in [0.2, 0.25) is 0 Å². The van der Waals surface area contributed by atoms with Gasteiger partial charge in [0.1, 0.15) is 12.4 Å². The van der Waals surface area contributed by atoms with Crippen molar-refractivity contribution in [1.82, 2.24) is 0 Å². The molecule has 0 saturated carbocycles. The first-order valence-corrected chi connectivity index (χ1v) is 6.38. The summed E-state index contributed by atoms with van der Waals surface area (Å²) in [5, 5.41) is 0. The second kappa shape index (κ2) is 5.69. The Balaban J connectivity index is 2.12. The van der Waals surface area contributed by atoms with Crippen molar-refractivity contribution in [2.75, 3.05) is 7.11 Å². The highest BCUT2D eigenvalue weighted by Crippen LogP contribution is 2.30. The van der Waals surface area contributed by atoms with Crippen LogP contribution in [0.15, 0.2) is 36.4 Å². The van der Waals surface area contributed by atoms with Crippen LogP contribution in [0.3, 0.4) is 0 Å². The van der Waals surface area contributed by atoms with Gasteiger partial charge in [-0.2, -0.15) is 0 Å². The lowest BCUT2D eigenvalue weighted by Crippen LogP contribution is -2.02. The molecule has 0 fully saturated rings. The lowest BCUT2D eigenvalue weighted by Gasteiger charge is -2.06. The maximum Gasteiger partial charge on any atom is 0.351 e. The Morgan fingerprint density at radius 1 is 1.28 bits per heavy atom. The van der Waals surface area contributed by atoms with Crippen LogP contribution in [0.4, 0.5) is 0 Å². The van der Waals surface area contributed by atoms with E-state index < -0.39 is 0 Å². The zero-order valence-corrected chi connectivity index (χ0v) is 11.1. The molecule has 2 rings (SSSR count). The molecule has 3 nitrogen and oxygen atoms in total. The minimum atomic E-state index is -0.351. The number of ether oxygens (including phenoxy) is 2. The van der Waals surface area contributed by atoms with Gasteiger partial charge in [-0.15, -0.1) is 11.3 Å². The van der Waals surface area contributed by atoms with Gasteiger partial charge in [-0.25, -0.2) is 4.79 Å². The Hall–Kier alpha value is -1.81. The van der Waals surface area contributed by atoms with Crippen LogP contribution in [-0.2, 0) is 11.3 Å². The first kappa shape index (κ1) is 12.6. The van der Waals surface area contributed by atoms with Crippen molar-refractivity contribution in [1.29, 1.82) is 0 Å². The van der Waals surface area contributed by atoms with Crippen molar-refractivity contribution < 1.29 is 14.3 Å². The maximum atomic E-state index is 11.6. The Morgan fingerprint density at radius 3 is 2.67 bits per heavy atom. The van der Waals surface area contributed by atoms with E-state index in [1.54, 1.807) is 0 Å². The molecule has 0 unspecified atom stereocenters. The molecule has 2 aromatic rings. The summed E-state index contributed by atoms with van der Waals surface area (Å²) >= 11 is 1.38. The summed E-state index contributed by atoms with van der Waals surface area (Å²) in [6.07, 6.45) is 0. The largest absolute Gasteiger partial charge is 0.487 e. The van der Waals surface area contributed by atoms with E-state index in [2.05, 4.69) is 0 Å². The number of rotatable bonds is 4. The highest BCUT2D eigenvalue weighted by molar-refractivity contribution is 7.14. The minimum Gasteiger partial charge on any atom is -0.487 e. The van der Waals surface area contributed by atoms with E-state index in [1.807, 2.05) is 43.3 Å². The second-order valence-electron chi connectivity index (χ2n) is 3.82. The number of carbonyl (C=O) groups excluding carboxylic acids is 1. The standard InChI is InChI=1S/C14H14O3S/c1-10-8-12(13(18-10)14(15)16-2)17-9-11-6-4-3-5-7-11/h3-8H,9H2,1-2H3. The smallest absolute Gasteiger partial charge is 0.351 e. The molecule has 0 spiro atoms. The van der Waals surface area contributed by atoms with Gasteiger partial charge >= 0.3 is 5.97 Å². The Morgan fingerprint density at radius 2 is 2.00 bits per heavy atom. The zero-order chi connectivity index (χ0) is 13.0. The molecule has 4 heteroatoms. The Kier molecular flexibility index (Phi) is 3.99. The first-order valence-electron chi connectivity index (χ1n) is 5.56. The first-order chi connectivity index (χ1) is 8.70. The van der Waals surface area contributed by atoms with Gasteiger partial charge in [-0.05, 0) is 18.6 Å². The number of hydrogen-bond donors (Lipinski definition) is 0. The molecule has 0 N–H and O–H groups in total. The van der Waals surface area contributed by atoms with Crippen LogP contribution in [-0.4, -0.2) is 13.1 Å². The summed E-state index contributed by atoms with van der Waals surface area (Å²) in [7, 11) is 1.37. The van der Waals surface area contributed by atoms with E-state index in [-0.39, 0.29) is 5.97 Å². The molecule has 94 valence electrons. The fourth-order valence-electron chi connectivity index (χ4n) is 1.57. The molecule has 0 amide bonds. The molecule has 0 atom stereocenters. The van der Waals surface area contributed by atoms with Crippen molar-refractivity contribution in [2.45, 2.75) is 13.5 Å². The molecule has 0 aliphatic carbocycles. The Labute approximate surface area is 110 Å². The van der Waals surface area contributed by atoms with Crippen LogP contribution in [0.2, 0.25) is 0 Å². The van der Waals surface area contributed by atoms with Gasteiger partial charge in [-0.3, -0.25) is 0 Å². The van der Waals surface area contributed by atoms with Gasteiger partial charge in [-0.1, -0.05) is 30.3 Å².